The van der Waals surface area contributed by atoms with Crippen LogP contribution >= 0.6 is 11.3 Å². The van der Waals surface area contributed by atoms with Gasteiger partial charge in [0.05, 0.1) is 17.7 Å². The van der Waals surface area contributed by atoms with Crippen LogP contribution < -0.4 is 0 Å². The average Bonchev–Trinajstić information content (AvgIpc) is 2.45. The quantitative estimate of drug-likeness (QED) is 0.809. The van der Waals surface area contributed by atoms with E-state index in [2.05, 4.69) is 4.98 Å². The number of hydrogen-bond donors (Lipinski definition) is 0. The molecule has 1 heterocycles. The normalized spacial score (nSPS) is 12.2. The lowest BCUT2D eigenvalue weighted by molar-refractivity contribution is -0.127. The van der Waals surface area contributed by atoms with Crippen LogP contribution in [0.4, 0.5) is 0 Å². The number of rotatable bonds is 4. The summed E-state index contributed by atoms with van der Waals surface area (Å²) in [5, 5.41) is 0.926. The highest BCUT2D eigenvalue weighted by Gasteiger charge is 2.30. The highest BCUT2D eigenvalue weighted by Crippen LogP contribution is 2.20. The first-order chi connectivity index (χ1) is 7.25. The monoisotopic (exact) mass is 240 g/mol. The molecule has 90 valence electrons. The van der Waals surface area contributed by atoms with Crippen molar-refractivity contribution in [3.05, 3.63) is 15.6 Å². The number of aromatic nitrogens is 1. The molecule has 1 aromatic rings. The summed E-state index contributed by atoms with van der Waals surface area (Å²) in [6.45, 7) is 7.92. The van der Waals surface area contributed by atoms with Gasteiger partial charge in [-0.3, -0.25) is 9.69 Å². The van der Waals surface area contributed by atoms with E-state index in [1.54, 1.807) is 11.3 Å². The number of carbonyl (C=O) groups excluding carboxylic acids is 1. The first kappa shape index (κ1) is 13.3. The number of ketones is 1. The van der Waals surface area contributed by atoms with Crippen molar-refractivity contribution >= 4 is 17.1 Å². The predicted molar refractivity (Wildman–Crippen MR) is 68.1 cm³/mol. The minimum atomic E-state index is -0.423. The maximum atomic E-state index is 12.1. The molecular formula is C12H20N2OS. The third kappa shape index (κ3) is 2.68. The number of carbonyl (C=O) groups is 1. The predicted octanol–water partition coefficient (Wildman–Crippen LogP) is 2.21. The molecule has 3 nitrogen and oxygen atoms in total. The molecule has 0 bridgehead atoms. The molecule has 1 aromatic heterocycles. The zero-order valence-corrected chi connectivity index (χ0v) is 11.7. The van der Waals surface area contributed by atoms with E-state index in [0.29, 0.717) is 6.42 Å². The Kier molecular flexibility index (Phi) is 3.86. The van der Waals surface area contributed by atoms with E-state index in [1.807, 2.05) is 46.7 Å². The molecule has 0 radical (unpaired) electrons. The standard InChI is InChI=1S/C12H20N2OS/c1-8-9(2)16-11(13-8)7-10(15)12(3,4)14(5)6/h7H2,1-6H3. The fraction of sp³-hybridized carbons (Fsp3) is 0.667. The van der Waals surface area contributed by atoms with Crippen molar-refractivity contribution in [2.45, 2.75) is 39.7 Å². The van der Waals surface area contributed by atoms with Gasteiger partial charge in [0.1, 0.15) is 5.01 Å². The SMILES string of the molecule is Cc1nc(CC(=O)C(C)(C)N(C)C)sc1C. The lowest BCUT2D eigenvalue weighted by Crippen LogP contribution is -2.46. The van der Waals surface area contributed by atoms with Gasteiger partial charge in [0.2, 0.25) is 0 Å². The lowest BCUT2D eigenvalue weighted by atomic mass is 9.95. The second kappa shape index (κ2) is 4.63. The molecule has 0 aliphatic heterocycles. The van der Waals surface area contributed by atoms with Gasteiger partial charge in [-0.05, 0) is 41.8 Å². The van der Waals surface area contributed by atoms with Crippen molar-refractivity contribution < 1.29 is 4.79 Å². The Hall–Kier alpha value is -0.740. The Bertz CT molecular complexity index is 374. The van der Waals surface area contributed by atoms with Crippen LogP contribution in [0, 0.1) is 13.8 Å². The number of likely N-dealkylation sites (N-methyl/N-ethyl adjacent to an activating group) is 1. The van der Waals surface area contributed by atoms with E-state index in [1.165, 1.54) is 4.88 Å². The van der Waals surface area contributed by atoms with E-state index in [9.17, 15) is 4.79 Å². The van der Waals surface area contributed by atoms with E-state index in [-0.39, 0.29) is 5.78 Å². The Morgan fingerprint density at radius 2 is 1.94 bits per heavy atom. The van der Waals surface area contributed by atoms with Crippen LogP contribution in [0.1, 0.15) is 29.4 Å². The smallest absolute Gasteiger partial charge is 0.159 e. The molecule has 0 saturated carbocycles. The minimum Gasteiger partial charge on any atom is -0.298 e. The van der Waals surface area contributed by atoms with Crippen molar-refractivity contribution in [1.82, 2.24) is 9.88 Å². The van der Waals surface area contributed by atoms with Crippen molar-refractivity contribution in [2.75, 3.05) is 14.1 Å². The van der Waals surface area contributed by atoms with Crippen LogP contribution in [0.15, 0.2) is 0 Å². The van der Waals surface area contributed by atoms with Gasteiger partial charge in [0, 0.05) is 4.88 Å². The van der Waals surface area contributed by atoms with E-state index >= 15 is 0 Å². The van der Waals surface area contributed by atoms with Crippen LogP contribution in [0.2, 0.25) is 0 Å². The molecule has 0 atom stereocenters. The summed E-state index contributed by atoms with van der Waals surface area (Å²) in [6, 6.07) is 0. The molecule has 0 unspecified atom stereocenters. The van der Waals surface area contributed by atoms with Crippen LogP contribution in [-0.2, 0) is 11.2 Å². The highest BCUT2D eigenvalue weighted by molar-refractivity contribution is 7.11. The molecule has 0 N–H and O–H groups in total. The molecule has 0 amide bonds. The Balaban J connectivity index is 2.79. The second-order valence-electron chi connectivity index (χ2n) is 4.80. The molecule has 0 aromatic carbocycles. The van der Waals surface area contributed by atoms with Gasteiger partial charge in [-0.2, -0.15) is 0 Å². The van der Waals surface area contributed by atoms with Gasteiger partial charge in [0.25, 0.3) is 0 Å². The summed E-state index contributed by atoms with van der Waals surface area (Å²) in [5.74, 6) is 0.214. The van der Waals surface area contributed by atoms with E-state index < -0.39 is 5.54 Å². The van der Waals surface area contributed by atoms with Gasteiger partial charge >= 0.3 is 0 Å². The van der Waals surface area contributed by atoms with Gasteiger partial charge < -0.3 is 0 Å². The molecule has 0 aliphatic rings. The first-order valence-electron chi connectivity index (χ1n) is 5.38. The Labute approximate surface area is 101 Å². The van der Waals surface area contributed by atoms with Gasteiger partial charge in [-0.1, -0.05) is 0 Å². The average molecular weight is 240 g/mol. The number of aryl methyl sites for hydroxylation is 2. The largest absolute Gasteiger partial charge is 0.298 e. The molecule has 0 aliphatic carbocycles. The summed E-state index contributed by atoms with van der Waals surface area (Å²) in [5.41, 5.74) is 0.614. The lowest BCUT2D eigenvalue weighted by Gasteiger charge is -2.30. The van der Waals surface area contributed by atoms with Gasteiger partial charge in [-0.25, -0.2) is 4.98 Å². The van der Waals surface area contributed by atoms with Crippen LogP contribution in [0.5, 0.6) is 0 Å². The maximum absolute atomic E-state index is 12.1. The van der Waals surface area contributed by atoms with Crippen molar-refractivity contribution in [1.29, 1.82) is 0 Å². The van der Waals surface area contributed by atoms with E-state index in [4.69, 9.17) is 0 Å². The summed E-state index contributed by atoms with van der Waals surface area (Å²) >= 11 is 1.62. The zero-order valence-electron chi connectivity index (χ0n) is 10.9. The fourth-order valence-electron chi connectivity index (χ4n) is 1.22. The van der Waals surface area contributed by atoms with Crippen molar-refractivity contribution in [3.63, 3.8) is 0 Å². The van der Waals surface area contributed by atoms with Crippen LogP contribution in [0.25, 0.3) is 0 Å². The molecule has 0 saturated heterocycles. The fourth-order valence-corrected chi connectivity index (χ4v) is 2.15. The molecule has 4 heteroatoms. The Morgan fingerprint density at radius 3 is 2.31 bits per heavy atom. The van der Waals surface area contributed by atoms with Crippen LogP contribution in [-0.4, -0.2) is 35.3 Å². The second-order valence-corrected chi connectivity index (χ2v) is 6.09. The maximum Gasteiger partial charge on any atom is 0.159 e. The topological polar surface area (TPSA) is 33.2 Å². The minimum absolute atomic E-state index is 0.214. The molecule has 0 fully saturated rings. The number of thiazole rings is 1. The third-order valence-corrected chi connectivity index (χ3v) is 4.26. The van der Waals surface area contributed by atoms with Crippen molar-refractivity contribution in [2.24, 2.45) is 0 Å². The van der Waals surface area contributed by atoms with Crippen LogP contribution in [0.3, 0.4) is 0 Å². The molecule has 1 rings (SSSR count). The summed E-state index contributed by atoms with van der Waals surface area (Å²) in [7, 11) is 3.85. The Morgan fingerprint density at radius 1 is 1.38 bits per heavy atom. The molecule has 16 heavy (non-hydrogen) atoms. The number of hydrogen-bond acceptors (Lipinski definition) is 4. The van der Waals surface area contributed by atoms with E-state index in [0.717, 1.165) is 10.7 Å². The summed E-state index contributed by atoms with van der Waals surface area (Å²) in [6.07, 6.45) is 0.435. The van der Waals surface area contributed by atoms with Crippen molar-refractivity contribution in [3.8, 4) is 0 Å². The van der Waals surface area contributed by atoms with Gasteiger partial charge in [0.15, 0.2) is 5.78 Å². The zero-order chi connectivity index (χ0) is 12.5. The first-order valence-corrected chi connectivity index (χ1v) is 6.20. The van der Waals surface area contributed by atoms with Gasteiger partial charge in [-0.15, -0.1) is 11.3 Å². The summed E-state index contributed by atoms with van der Waals surface area (Å²) < 4.78 is 0. The molecule has 0 spiro atoms. The third-order valence-electron chi connectivity index (χ3n) is 3.19. The highest BCUT2D eigenvalue weighted by atomic mass is 32.1. The summed E-state index contributed by atoms with van der Waals surface area (Å²) in [4.78, 5) is 19.7. The molecular weight excluding hydrogens is 220 g/mol. The number of nitrogens with zero attached hydrogens (tertiary/aromatic N) is 2. The number of Topliss-reactive ketones (excluding diaryl/α,β-unsaturated/α-hetero) is 1.